The van der Waals surface area contributed by atoms with Crippen LogP contribution in [0.2, 0.25) is 0 Å². The van der Waals surface area contributed by atoms with Crippen LogP contribution in [0.15, 0.2) is 22.5 Å². The van der Waals surface area contributed by atoms with E-state index in [9.17, 15) is 8.42 Å². The number of nitrogens with zero attached hydrogens (tertiary/aromatic N) is 1. The summed E-state index contributed by atoms with van der Waals surface area (Å²) >= 11 is 2.53. The highest BCUT2D eigenvalue weighted by Crippen LogP contribution is 2.33. The Hall–Kier alpha value is -0.760. The summed E-state index contributed by atoms with van der Waals surface area (Å²) in [4.78, 5) is 5.79. The van der Waals surface area contributed by atoms with Crippen LogP contribution < -0.4 is 0 Å². The molecule has 0 aliphatic rings. The van der Waals surface area contributed by atoms with Crippen molar-refractivity contribution in [3.05, 3.63) is 23.3 Å². The number of aryl methyl sites for hydroxylation is 1. The number of thiophene rings is 1. The van der Waals surface area contributed by atoms with Gasteiger partial charge in [0.15, 0.2) is 0 Å². The maximum absolute atomic E-state index is 10.8. The van der Waals surface area contributed by atoms with Gasteiger partial charge in [-0.3, -0.25) is 4.55 Å². The Kier molecular flexibility index (Phi) is 2.63. The first-order chi connectivity index (χ1) is 6.97. The molecule has 7 heteroatoms. The van der Waals surface area contributed by atoms with Gasteiger partial charge in [-0.15, -0.1) is 22.7 Å². The summed E-state index contributed by atoms with van der Waals surface area (Å²) in [5.41, 5.74) is 0. The lowest BCUT2D eigenvalue weighted by atomic mass is 10.4. The van der Waals surface area contributed by atoms with Crippen molar-refractivity contribution in [3.63, 3.8) is 0 Å². The number of aromatic nitrogens is 1. The molecule has 0 saturated heterocycles. The monoisotopic (exact) mass is 261 g/mol. The minimum absolute atomic E-state index is 0.0384. The zero-order chi connectivity index (χ0) is 11.1. The van der Waals surface area contributed by atoms with Crippen molar-refractivity contribution in [3.8, 4) is 9.75 Å². The van der Waals surface area contributed by atoms with Crippen LogP contribution in [-0.2, 0) is 10.1 Å². The molecule has 0 unspecified atom stereocenters. The molecule has 2 heterocycles. The molecule has 0 saturated carbocycles. The summed E-state index contributed by atoms with van der Waals surface area (Å²) in [7, 11) is -4.08. The molecule has 4 nitrogen and oxygen atoms in total. The van der Waals surface area contributed by atoms with Crippen LogP contribution in [0.1, 0.15) is 5.01 Å². The first-order valence-electron chi connectivity index (χ1n) is 3.97. The van der Waals surface area contributed by atoms with Gasteiger partial charge < -0.3 is 0 Å². The maximum Gasteiger partial charge on any atom is 0.304 e. The van der Waals surface area contributed by atoms with Crippen LogP contribution >= 0.6 is 22.7 Å². The molecule has 1 N–H and O–H groups in total. The highest BCUT2D eigenvalue weighted by molar-refractivity contribution is 7.88. The number of rotatable bonds is 2. The second-order valence-electron chi connectivity index (χ2n) is 2.84. The Balaban J connectivity index is 2.44. The third-order valence-electron chi connectivity index (χ3n) is 1.70. The highest BCUT2D eigenvalue weighted by Gasteiger charge is 2.14. The molecule has 0 aromatic carbocycles. The number of hydrogen-bond acceptors (Lipinski definition) is 5. The fourth-order valence-corrected chi connectivity index (χ4v) is 3.59. The Morgan fingerprint density at radius 3 is 2.47 bits per heavy atom. The van der Waals surface area contributed by atoms with Crippen molar-refractivity contribution < 1.29 is 13.0 Å². The van der Waals surface area contributed by atoms with Gasteiger partial charge in [-0.05, 0) is 19.1 Å². The van der Waals surface area contributed by atoms with E-state index in [-0.39, 0.29) is 4.21 Å². The molecule has 0 bridgehead atoms. The molecule has 0 fully saturated rings. The average Bonchev–Trinajstić information content (AvgIpc) is 2.69. The standard InChI is InChI=1S/C8H7NO3S3/c1-5-9-4-7(13-5)6-2-3-8(14-6)15(10,11)12/h2-4H,1H3,(H,10,11,12). The summed E-state index contributed by atoms with van der Waals surface area (Å²) in [5, 5.41) is 0.923. The average molecular weight is 261 g/mol. The van der Waals surface area contributed by atoms with Gasteiger partial charge in [0.05, 0.1) is 9.88 Å². The normalized spacial score (nSPS) is 11.9. The summed E-state index contributed by atoms with van der Waals surface area (Å²) in [6.45, 7) is 1.88. The predicted octanol–water partition coefficient (Wildman–Crippen LogP) is 2.43. The van der Waals surface area contributed by atoms with Gasteiger partial charge >= 0.3 is 10.1 Å². The molecule has 0 atom stereocenters. The van der Waals surface area contributed by atoms with Crippen molar-refractivity contribution in [2.75, 3.05) is 0 Å². The Labute approximate surface area is 95.0 Å². The van der Waals surface area contributed by atoms with Crippen LogP contribution in [0, 0.1) is 6.92 Å². The van der Waals surface area contributed by atoms with E-state index in [1.807, 2.05) is 6.92 Å². The topological polar surface area (TPSA) is 67.3 Å². The SMILES string of the molecule is Cc1ncc(-c2ccc(S(=O)(=O)O)s2)s1. The van der Waals surface area contributed by atoms with Gasteiger partial charge in [0.2, 0.25) is 0 Å². The van der Waals surface area contributed by atoms with Crippen molar-refractivity contribution in [1.82, 2.24) is 4.98 Å². The third kappa shape index (κ3) is 2.25. The van der Waals surface area contributed by atoms with Gasteiger partial charge in [0.1, 0.15) is 4.21 Å². The Morgan fingerprint density at radius 2 is 2.00 bits per heavy atom. The van der Waals surface area contributed by atoms with Crippen molar-refractivity contribution in [1.29, 1.82) is 0 Å². The molecule has 0 aliphatic heterocycles. The van der Waals surface area contributed by atoms with Crippen molar-refractivity contribution in [2.24, 2.45) is 0 Å². The van der Waals surface area contributed by atoms with E-state index < -0.39 is 10.1 Å². The van der Waals surface area contributed by atoms with E-state index in [2.05, 4.69) is 4.98 Å². The fourth-order valence-electron chi connectivity index (χ4n) is 1.07. The molecule has 80 valence electrons. The van der Waals surface area contributed by atoms with Gasteiger partial charge in [-0.25, -0.2) is 4.98 Å². The lowest BCUT2D eigenvalue weighted by Gasteiger charge is -1.88. The zero-order valence-electron chi connectivity index (χ0n) is 7.67. The predicted molar refractivity (Wildman–Crippen MR) is 60.0 cm³/mol. The van der Waals surface area contributed by atoms with Crippen LogP contribution in [-0.4, -0.2) is 18.0 Å². The molecular weight excluding hydrogens is 254 g/mol. The van der Waals surface area contributed by atoms with Gasteiger partial charge in [0, 0.05) is 11.1 Å². The molecular formula is C8H7NO3S3. The van der Waals surface area contributed by atoms with Gasteiger partial charge in [-0.2, -0.15) is 8.42 Å². The summed E-state index contributed by atoms with van der Waals surface area (Å²) in [6, 6.07) is 3.06. The summed E-state index contributed by atoms with van der Waals surface area (Å²) in [5.74, 6) is 0. The zero-order valence-corrected chi connectivity index (χ0v) is 10.1. The largest absolute Gasteiger partial charge is 0.304 e. The first-order valence-corrected chi connectivity index (χ1v) is 7.04. The first kappa shape index (κ1) is 10.7. The summed E-state index contributed by atoms with van der Waals surface area (Å²) in [6.07, 6.45) is 1.69. The Bertz CT molecular complexity index is 582. The molecule has 0 radical (unpaired) electrons. The smallest absolute Gasteiger partial charge is 0.281 e. The third-order valence-corrected chi connectivity index (χ3v) is 5.21. The highest BCUT2D eigenvalue weighted by atomic mass is 32.3. The number of thiazole rings is 1. The van der Waals surface area contributed by atoms with Crippen LogP contribution in [0.25, 0.3) is 9.75 Å². The second kappa shape index (κ2) is 3.67. The van der Waals surface area contributed by atoms with Crippen molar-refractivity contribution >= 4 is 32.8 Å². The molecule has 0 spiro atoms. The minimum Gasteiger partial charge on any atom is -0.281 e. The quantitative estimate of drug-likeness (QED) is 0.843. The van der Waals surface area contributed by atoms with E-state index in [1.165, 1.54) is 17.4 Å². The van der Waals surface area contributed by atoms with Gasteiger partial charge in [0.25, 0.3) is 0 Å². The molecule has 2 aromatic rings. The minimum atomic E-state index is -4.08. The van der Waals surface area contributed by atoms with E-state index in [4.69, 9.17) is 4.55 Å². The second-order valence-corrected chi connectivity index (χ2v) is 6.80. The van der Waals surface area contributed by atoms with Gasteiger partial charge in [-0.1, -0.05) is 0 Å². The fraction of sp³-hybridized carbons (Fsp3) is 0.125. The lowest BCUT2D eigenvalue weighted by molar-refractivity contribution is 0.485. The van der Waals surface area contributed by atoms with Crippen LogP contribution in [0.4, 0.5) is 0 Å². The molecule has 2 aromatic heterocycles. The van der Waals surface area contributed by atoms with Crippen LogP contribution in [0.5, 0.6) is 0 Å². The van der Waals surface area contributed by atoms with E-state index in [1.54, 1.807) is 12.3 Å². The molecule has 15 heavy (non-hydrogen) atoms. The van der Waals surface area contributed by atoms with Crippen LogP contribution in [0.3, 0.4) is 0 Å². The van der Waals surface area contributed by atoms with E-state index in [0.29, 0.717) is 0 Å². The lowest BCUT2D eigenvalue weighted by Crippen LogP contribution is -1.92. The Morgan fingerprint density at radius 1 is 1.27 bits per heavy atom. The van der Waals surface area contributed by atoms with E-state index in [0.717, 1.165) is 26.1 Å². The number of hydrogen-bond donors (Lipinski definition) is 1. The van der Waals surface area contributed by atoms with E-state index >= 15 is 0 Å². The molecule has 0 amide bonds. The van der Waals surface area contributed by atoms with Crippen molar-refractivity contribution in [2.45, 2.75) is 11.1 Å². The molecule has 0 aliphatic carbocycles. The summed E-state index contributed by atoms with van der Waals surface area (Å²) < 4.78 is 30.5. The molecule has 2 rings (SSSR count). The maximum atomic E-state index is 10.8.